The number of benzene rings is 1. The molecule has 0 radical (unpaired) electrons. The molecule has 2 N–H and O–H groups in total. The third-order valence-corrected chi connectivity index (χ3v) is 2.77. The third kappa shape index (κ3) is 2.72. The van der Waals surface area contributed by atoms with E-state index in [0.717, 1.165) is 5.75 Å². The molecule has 2 heteroatoms. The van der Waals surface area contributed by atoms with Crippen molar-refractivity contribution in [3.63, 3.8) is 0 Å². The van der Waals surface area contributed by atoms with Gasteiger partial charge >= 0.3 is 0 Å². The highest BCUT2D eigenvalue weighted by molar-refractivity contribution is 5.30. The zero-order chi connectivity index (χ0) is 10.8. The van der Waals surface area contributed by atoms with Crippen LogP contribution in [0.1, 0.15) is 38.3 Å². The Bertz CT molecular complexity index is 314. The van der Waals surface area contributed by atoms with Crippen molar-refractivity contribution in [3.05, 3.63) is 29.8 Å². The van der Waals surface area contributed by atoms with Crippen molar-refractivity contribution in [2.24, 2.45) is 11.7 Å². The number of ether oxygens (including phenoxy) is 1. The molecule has 0 saturated heterocycles. The summed E-state index contributed by atoms with van der Waals surface area (Å²) < 4.78 is 5.58. The smallest absolute Gasteiger partial charge is 0.119 e. The SMILES string of the molecule is CC(C)Oc1ccc([C@@H](N)C2CC2)cc1. The average molecular weight is 205 g/mol. The van der Waals surface area contributed by atoms with Crippen molar-refractivity contribution < 1.29 is 4.74 Å². The van der Waals surface area contributed by atoms with Crippen LogP contribution in [0.2, 0.25) is 0 Å². The second kappa shape index (κ2) is 4.23. The first-order valence-corrected chi connectivity index (χ1v) is 5.69. The molecule has 0 aliphatic heterocycles. The Morgan fingerprint density at radius 1 is 1.20 bits per heavy atom. The minimum Gasteiger partial charge on any atom is -0.491 e. The van der Waals surface area contributed by atoms with Crippen LogP contribution in [0, 0.1) is 5.92 Å². The summed E-state index contributed by atoms with van der Waals surface area (Å²) in [6.45, 7) is 4.06. The molecule has 0 unspecified atom stereocenters. The predicted octanol–water partition coefficient (Wildman–Crippen LogP) is 2.88. The zero-order valence-electron chi connectivity index (χ0n) is 9.44. The van der Waals surface area contributed by atoms with Crippen LogP contribution in [0.5, 0.6) is 5.75 Å². The minimum atomic E-state index is 0.220. The lowest BCUT2D eigenvalue weighted by atomic mass is 10.0. The van der Waals surface area contributed by atoms with E-state index in [-0.39, 0.29) is 12.1 Å². The van der Waals surface area contributed by atoms with Crippen molar-refractivity contribution in [3.8, 4) is 5.75 Å². The summed E-state index contributed by atoms with van der Waals surface area (Å²) in [6, 6.07) is 8.41. The molecular weight excluding hydrogens is 186 g/mol. The summed E-state index contributed by atoms with van der Waals surface area (Å²) in [7, 11) is 0. The molecule has 0 spiro atoms. The van der Waals surface area contributed by atoms with Crippen LogP contribution in [0.15, 0.2) is 24.3 Å². The number of hydrogen-bond acceptors (Lipinski definition) is 2. The van der Waals surface area contributed by atoms with Crippen molar-refractivity contribution in [2.75, 3.05) is 0 Å². The number of rotatable bonds is 4. The lowest BCUT2D eigenvalue weighted by Gasteiger charge is -2.13. The van der Waals surface area contributed by atoms with Gasteiger partial charge in [0.15, 0.2) is 0 Å². The quantitative estimate of drug-likeness (QED) is 0.820. The average Bonchev–Trinajstić information content (AvgIpc) is 3.00. The van der Waals surface area contributed by atoms with Crippen LogP contribution in [-0.4, -0.2) is 6.10 Å². The normalized spacial score (nSPS) is 17.9. The van der Waals surface area contributed by atoms with Gasteiger partial charge in [0.05, 0.1) is 6.10 Å². The summed E-state index contributed by atoms with van der Waals surface area (Å²) in [4.78, 5) is 0. The van der Waals surface area contributed by atoms with Gasteiger partial charge in [-0.2, -0.15) is 0 Å². The lowest BCUT2D eigenvalue weighted by Crippen LogP contribution is -2.12. The van der Waals surface area contributed by atoms with Gasteiger partial charge in [0.2, 0.25) is 0 Å². The van der Waals surface area contributed by atoms with Crippen LogP contribution < -0.4 is 10.5 Å². The maximum absolute atomic E-state index is 6.11. The predicted molar refractivity (Wildman–Crippen MR) is 61.9 cm³/mol. The Balaban J connectivity index is 2.02. The molecule has 0 heterocycles. The van der Waals surface area contributed by atoms with E-state index in [4.69, 9.17) is 10.5 Å². The fourth-order valence-corrected chi connectivity index (χ4v) is 1.77. The van der Waals surface area contributed by atoms with Crippen molar-refractivity contribution >= 4 is 0 Å². The zero-order valence-corrected chi connectivity index (χ0v) is 9.44. The van der Waals surface area contributed by atoms with Gasteiger partial charge in [-0.1, -0.05) is 12.1 Å². The molecule has 1 saturated carbocycles. The Morgan fingerprint density at radius 2 is 1.80 bits per heavy atom. The molecular formula is C13H19NO. The van der Waals surface area contributed by atoms with Crippen LogP contribution in [-0.2, 0) is 0 Å². The Morgan fingerprint density at radius 3 is 2.27 bits per heavy atom. The molecule has 1 aliphatic carbocycles. The molecule has 1 fully saturated rings. The Labute approximate surface area is 91.4 Å². The number of nitrogens with two attached hydrogens (primary N) is 1. The van der Waals surface area contributed by atoms with Crippen LogP contribution in [0.4, 0.5) is 0 Å². The van der Waals surface area contributed by atoms with Gasteiger partial charge in [-0.3, -0.25) is 0 Å². The summed E-state index contributed by atoms with van der Waals surface area (Å²) >= 11 is 0. The molecule has 1 atom stereocenters. The second-order valence-corrected chi connectivity index (χ2v) is 4.60. The highest BCUT2D eigenvalue weighted by Gasteiger charge is 2.29. The van der Waals surface area contributed by atoms with Gasteiger partial charge in [-0.15, -0.1) is 0 Å². The van der Waals surface area contributed by atoms with E-state index < -0.39 is 0 Å². The monoisotopic (exact) mass is 205 g/mol. The summed E-state index contributed by atoms with van der Waals surface area (Å²) in [6.07, 6.45) is 2.80. The van der Waals surface area contributed by atoms with Crippen molar-refractivity contribution in [1.82, 2.24) is 0 Å². The first-order chi connectivity index (χ1) is 7.16. The maximum atomic E-state index is 6.11. The van der Waals surface area contributed by atoms with Gasteiger partial charge in [0, 0.05) is 6.04 Å². The molecule has 0 amide bonds. The largest absolute Gasteiger partial charge is 0.491 e. The van der Waals surface area contributed by atoms with Crippen molar-refractivity contribution in [2.45, 2.75) is 38.8 Å². The van der Waals surface area contributed by atoms with Gasteiger partial charge in [-0.25, -0.2) is 0 Å². The molecule has 15 heavy (non-hydrogen) atoms. The molecule has 0 aromatic heterocycles. The lowest BCUT2D eigenvalue weighted by molar-refractivity contribution is 0.242. The van der Waals surface area contributed by atoms with E-state index in [2.05, 4.69) is 12.1 Å². The molecule has 2 nitrogen and oxygen atoms in total. The van der Waals surface area contributed by atoms with Gasteiger partial charge < -0.3 is 10.5 Å². The summed E-state index contributed by atoms with van der Waals surface area (Å²) in [5.74, 6) is 1.64. The van der Waals surface area contributed by atoms with Gasteiger partial charge in [0.1, 0.15) is 5.75 Å². The summed E-state index contributed by atoms with van der Waals surface area (Å²) in [5.41, 5.74) is 7.34. The molecule has 1 aromatic rings. The van der Waals surface area contributed by atoms with Gasteiger partial charge in [-0.05, 0) is 50.3 Å². The van der Waals surface area contributed by atoms with E-state index in [1.165, 1.54) is 18.4 Å². The second-order valence-electron chi connectivity index (χ2n) is 4.60. The summed E-state index contributed by atoms with van der Waals surface area (Å²) in [5, 5.41) is 0. The standard InChI is InChI=1S/C13H19NO/c1-9(2)15-12-7-5-11(6-8-12)13(14)10-3-4-10/h5-10,13H,3-4,14H2,1-2H3/t13-/m0/s1. The maximum Gasteiger partial charge on any atom is 0.119 e. The molecule has 0 bridgehead atoms. The molecule has 82 valence electrons. The fraction of sp³-hybridized carbons (Fsp3) is 0.538. The number of hydrogen-bond donors (Lipinski definition) is 1. The highest BCUT2D eigenvalue weighted by atomic mass is 16.5. The van der Waals surface area contributed by atoms with Gasteiger partial charge in [0.25, 0.3) is 0 Å². The Kier molecular flexibility index (Phi) is 2.96. The first-order valence-electron chi connectivity index (χ1n) is 5.69. The van der Waals surface area contributed by atoms with Crippen molar-refractivity contribution in [1.29, 1.82) is 0 Å². The fourth-order valence-electron chi connectivity index (χ4n) is 1.77. The molecule has 2 rings (SSSR count). The van der Waals surface area contributed by atoms with E-state index in [0.29, 0.717) is 5.92 Å². The highest BCUT2D eigenvalue weighted by Crippen LogP contribution is 2.39. The van der Waals surface area contributed by atoms with E-state index >= 15 is 0 Å². The minimum absolute atomic E-state index is 0.220. The third-order valence-electron chi connectivity index (χ3n) is 2.77. The first kappa shape index (κ1) is 10.5. The topological polar surface area (TPSA) is 35.2 Å². The molecule has 1 aromatic carbocycles. The van der Waals surface area contributed by atoms with Crippen LogP contribution in [0.3, 0.4) is 0 Å². The van der Waals surface area contributed by atoms with E-state index in [1.807, 2.05) is 26.0 Å². The van der Waals surface area contributed by atoms with E-state index in [1.54, 1.807) is 0 Å². The van der Waals surface area contributed by atoms with Crippen LogP contribution in [0.25, 0.3) is 0 Å². The van der Waals surface area contributed by atoms with E-state index in [9.17, 15) is 0 Å². The Hall–Kier alpha value is -1.02. The molecule has 1 aliphatic rings. The van der Waals surface area contributed by atoms with Crippen LogP contribution >= 0.6 is 0 Å².